The van der Waals surface area contributed by atoms with E-state index in [0.717, 1.165) is 11.4 Å². The van der Waals surface area contributed by atoms with Gasteiger partial charge in [0.1, 0.15) is 6.20 Å². The minimum Gasteiger partial charge on any atom is -0.298 e. The summed E-state index contributed by atoms with van der Waals surface area (Å²) in [5, 5.41) is 8.23. The molecular formula is C13H18N3O+. The van der Waals surface area contributed by atoms with Gasteiger partial charge in [-0.05, 0) is 29.9 Å². The largest absolute Gasteiger partial charge is 0.298 e. The van der Waals surface area contributed by atoms with E-state index in [2.05, 4.69) is 41.2 Å². The lowest BCUT2D eigenvalue weighted by Crippen LogP contribution is -2.74. The first-order valence-electron chi connectivity index (χ1n) is 5.82. The third-order valence-electron chi connectivity index (χ3n) is 2.91. The Morgan fingerprint density at radius 1 is 1.29 bits per heavy atom. The molecular weight excluding hydrogens is 214 g/mol. The molecule has 1 aliphatic carbocycles. The smallest absolute Gasteiger partial charge is 0.254 e. The summed E-state index contributed by atoms with van der Waals surface area (Å²) in [4.78, 5) is 6.32. The number of imidazole rings is 1. The number of hydrogen-bond donors (Lipinski definition) is 3. The number of nitrogens with zero attached hydrogens (tertiary/aromatic N) is 1. The molecule has 1 heterocycles. The van der Waals surface area contributed by atoms with E-state index in [1.165, 1.54) is 25.4 Å². The number of aromatic nitrogens is 2. The van der Waals surface area contributed by atoms with Crippen LogP contribution in [0.1, 0.15) is 18.1 Å². The van der Waals surface area contributed by atoms with Gasteiger partial charge in [-0.1, -0.05) is 31.2 Å². The van der Waals surface area contributed by atoms with Crippen molar-refractivity contribution in [3.8, 4) is 0 Å². The molecule has 0 aliphatic heterocycles. The second-order valence-corrected chi connectivity index (χ2v) is 4.42. The van der Waals surface area contributed by atoms with Crippen molar-refractivity contribution in [1.82, 2.24) is 9.97 Å². The highest BCUT2D eigenvalue weighted by molar-refractivity contribution is 5.31. The normalized spacial score (nSPS) is 14.0. The van der Waals surface area contributed by atoms with Gasteiger partial charge in [0.15, 0.2) is 0 Å². The molecule has 1 aromatic carbocycles. The predicted molar refractivity (Wildman–Crippen MR) is 65.0 cm³/mol. The van der Waals surface area contributed by atoms with Crippen LogP contribution in [0.2, 0.25) is 0 Å². The van der Waals surface area contributed by atoms with Gasteiger partial charge in [0.25, 0.3) is 5.82 Å². The van der Waals surface area contributed by atoms with E-state index in [4.69, 9.17) is 5.21 Å². The van der Waals surface area contributed by atoms with Crippen LogP contribution in [-0.2, 0) is 12.8 Å². The van der Waals surface area contributed by atoms with Gasteiger partial charge in [0, 0.05) is 0 Å². The lowest BCUT2D eigenvalue weighted by Gasteiger charge is -1.93. The quantitative estimate of drug-likeness (QED) is 0.651. The summed E-state index contributed by atoms with van der Waals surface area (Å²) < 4.78 is 0. The molecule has 4 N–H and O–H groups in total. The molecule has 1 aromatic heterocycles. The highest BCUT2D eigenvalue weighted by atomic mass is 16.5. The van der Waals surface area contributed by atoms with Crippen molar-refractivity contribution in [2.75, 3.05) is 0 Å². The van der Waals surface area contributed by atoms with E-state index in [-0.39, 0.29) is 0 Å². The van der Waals surface area contributed by atoms with Gasteiger partial charge in [0.05, 0.1) is 6.33 Å². The number of quaternary nitrogens is 1. The minimum atomic E-state index is 0.625. The number of rotatable bonds is 1. The fourth-order valence-electron chi connectivity index (χ4n) is 2.12. The first kappa shape index (κ1) is 11.8. The predicted octanol–water partition coefficient (Wildman–Crippen LogP) is 1.42. The second-order valence-electron chi connectivity index (χ2n) is 4.42. The lowest BCUT2D eigenvalue weighted by atomic mass is 10.1. The second kappa shape index (κ2) is 5.61. The average molecular weight is 232 g/mol. The zero-order valence-electron chi connectivity index (χ0n) is 9.93. The number of nitrogens with two attached hydrogens (primary N) is 1. The van der Waals surface area contributed by atoms with Gasteiger partial charge >= 0.3 is 0 Å². The highest BCUT2D eigenvalue weighted by Crippen LogP contribution is 2.25. The van der Waals surface area contributed by atoms with Crippen molar-refractivity contribution >= 4 is 5.82 Å². The molecule has 0 unspecified atom stereocenters. The van der Waals surface area contributed by atoms with Crippen molar-refractivity contribution in [3.63, 3.8) is 0 Å². The van der Waals surface area contributed by atoms with Crippen molar-refractivity contribution in [2.45, 2.75) is 19.8 Å². The van der Waals surface area contributed by atoms with Gasteiger partial charge in [-0.15, -0.1) is 0 Å². The van der Waals surface area contributed by atoms with Crippen LogP contribution in [0.3, 0.4) is 0 Å². The fourth-order valence-corrected chi connectivity index (χ4v) is 2.12. The number of H-pyrrole nitrogens is 1. The molecule has 0 amide bonds. The fraction of sp³-hybridized carbons (Fsp3) is 0.308. The minimum absolute atomic E-state index is 0.625. The third kappa shape index (κ3) is 3.15. The molecule has 3 rings (SSSR count). The van der Waals surface area contributed by atoms with E-state index in [1.54, 1.807) is 11.1 Å². The van der Waals surface area contributed by atoms with E-state index in [1.807, 2.05) is 0 Å². The van der Waals surface area contributed by atoms with Gasteiger partial charge in [-0.2, -0.15) is 5.48 Å². The van der Waals surface area contributed by atoms with Crippen molar-refractivity contribution in [1.29, 1.82) is 0 Å². The summed E-state index contributed by atoms with van der Waals surface area (Å²) >= 11 is 0. The molecule has 0 saturated heterocycles. The Kier molecular flexibility index (Phi) is 3.90. The Labute approximate surface area is 101 Å². The van der Waals surface area contributed by atoms with Crippen molar-refractivity contribution in [3.05, 3.63) is 47.9 Å². The number of benzene rings is 1. The number of hydrogen-bond acceptors (Lipinski definition) is 2. The maximum atomic E-state index is 8.23. The topological polar surface area (TPSA) is 65.5 Å². The number of fused-ring (bicyclic) bond motifs is 1. The Morgan fingerprint density at radius 3 is 2.35 bits per heavy atom. The van der Waals surface area contributed by atoms with Crippen LogP contribution in [0, 0.1) is 5.92 Å². The molecule has 2 aromatic rings. The van der Waals surface area contributed by atoms with E-state index >= 15 is 0 Å². The molecule has 0 spiro atoms. The lowest BCUT2D eigenvalue weighted by molar-refractivity contribution is -0.828. The van der Waals surface area contributed by atoms with Crippen LogP contribution in [0.25, 0.3) is 0 Å². The van der Waals surface area contributed by atoms with Gasteiger partial charge < -0.3 is 0 Å². The summed E-state index contributed by atoms with van der Waals surface area (Å²) in [6, 6.07) is 8.77. The van der Waals surface area contributed by atoms with Crippen molar-refractivity contribution < 1.29 is 10.7 Å². The SMILES string of the molecule is CC1Cc2ccccc2C1.O[NH2+]c1cnc[nH]1. The Morgan fingerprint density at radius 2 is 1.94 bits per heavy atom. The highest BCUT2D eigenvalue weighted by Gasteiger charge is 2.15. The van der Waals surface area contributed by atoms with Gasteiger partial charge in [0.2, 0.25) is 0 Å². The molecule has 90 valence electrons. The summed E-state index contributed by atoms with van der Waals surface area (Å²) in [5.41, 5.74) is 4.09. The van der Waals surface area contributed by atoms with Crippen LogP contribution >= 0.6 is 0 Å². The van der Waals surface area contributed by atoms with Gasteiger partial charge in [-0.3, -0.25) is 4.98 Å². The molecule has 4 heteroatoms. The number of nitrogens with one attached hydrogen (secondary N) is 1. The summed E-state index contributed by atoms with van der Waals surface area (Å²) in [6.07, 6.45) is 5.61. The summed E-state index contributed by atoms with van der Waals surface area (Å²) in [6.45, 7) is 2.32. The molecule has 0 saturated carbocycles. The molecule has 0 fully saturated rings. The molecule has 1 aliphatic rings. The molecule has 4 nitrogen and oxygen atoms in total. The van der Waals surface area contributed by atoms with Crippen molar-refractivity contribution in [2.24, 2.45) is 5.92 Å². The first-order valence-corrected chi connectivity index (χ1v) is 5.82. The summed E-state index contributed by atoms with van der Waals surface area (Å²) in [5.74, 6) is 1.50. The molecule has 0 radical (unpaired) electrons. The average Bonchev–Trinajstić information content (AvgIpc) is 2.96. The van der Waals surface area contributed by atoms with E-state index in [0.29, 0.717) is 5.82 Å². The Balaban J connectivity index is 0.000000136. The monoisotopic (exact) mass is 232 g/mol. The number of aromatic amines is 1. The standard InChI is InChI=1S/C10H12.C3H5N3O/c1-8-6-9-4-2-3-5-10(9)7-8;7-6-3-1-4-2-5-3/h2-5,8H,6-7H2,1H3;1-2,6-7H,(H,4,5)/p+1. The van der Waals surface area contributed by atoms with E-state index < -0.39 is 0 Å². The summed E-state index contributed by atoms with van der Waals surface area (Å²) in [7, 11) is 0. The van der Waals surface area contributed by atoms with Crippen LogP contribution in [0.4, 0.5) is 5.82 Å². The molecule has 0 bridgehead atoms. The van der Waals surface area contributed by atoms with Crippen LogP contribution in [-0.4, -0.2) is 15.2 Å². The van der Waals surface area contributed by atoms with Crippen LogP contribution < -0.4 is 5.48 Å². The Hall–Kier alpha value is -1.65. The maximum absolute atomic E-state index is 8.23. The maximum Gasteiger partial charge on any atom is 0.254 e. The van der Waals surface area contributed by atoms with Gasteiger partial charge in [-0.25, -0.2) is 10.2 Å². The van der Waals surface area contributed by atoms with Crippen LogP contribution in [0.5, 0.6) is 0 Å². The van der Waals surface area contributed by atoms with Crippen LogP contribution in [0.15, 0.2) is 36.8 Å². The molecule has 17 heavy (non-hydrogen) atoms. The third-order valence-corrected chi connectivity index (χ3v) is 2.91. The first-order chi connectivity index (χ1) is 8.29. The van der Waals surface area contributed by atoms with E-state index in [9.17, 15) is 0 Å². The zero-order valence-corrected chi connectivity index (χ0v) is 9.93. The zero-order chi connectivity index (χ0) is 12.1. The molecule has 0 atom stereocenters. The Bertz CT molecular complexity index is 428.